The number of likely N-dealkylation sites (tertiary alicyclic amines) is 1. The van der Waals surface area contributed by atoms with Gasteiger partial charge in [0.05, 0.1) is 5.69 Å². The van der Waals surface area contributed by atoms with Gasteiger partial charge >= 0.3 is 0 Å². The molecule has 2 aromatic carbocycles. The molecule has 4 rings (SSSR count). The van der Waals surface area contributed by atoms with E-state index in [-0.39, 0.29) is 29.7 Å². The van der Waals surface area contributed by atoms with Gasteiger partial charge in [-0.15, -0.1) is 0 Å². The second-order valence-electron chi connectivity index (χ2n) is 7.62. The second kappa shape index (κ2) is 9.26. The normalized spacial score (nSPS) is 16.8. The number of piperidine rings is 1. The Morgan fingerprint density at radius 3 is 2.53 bits per heavy atom. The summed E-state index contributed by atoms with van der Waals surface area (Å²) in [5.41, 5.74) is 0.855. The zero-order chi connectivity index (χ0) is 20.9. The molecule has 2 aliphatic rings. The van der Waals surface area contributed by atoms with Gasteiger partial charge in [-0.3, -0.25) is 9.59 Å². The van der Waals surface area contributed by atoms with Gasteiger partial charge < -0.3 is 19.7 Å². The lowest BCUT2D eigenvalue weighted by Gasteiger charge is -2.31. The van der Waals surface area contributed by atoms with Crippen LogP contribution in [0.2, 0.25) is 0 Å². The molecule has 0 atom stereocenters. The Kier molecular flexibility index (Phi) is 6.28. The van der Waals surface area contributed by atoms with Gasteiger partial charge in [-0.1, -0.05) is 12.1 Å². The molecule has 2 aliphatic heterocycles. The number of carbonyl (C=O) groups is 2. The molecule has 0 spiro atoms. The monoisotopic (exact) mass is 412 g/mol. The smallest absolute Gasteiger partial charge is 0.225 e. The zero-order valence-electron chi connectivity index (χ0n) is 16.7. The van der Waals surface area contributed by atoms with Gasteiger partial charge in [0, 0.05) is 24.4 Å². The highest BCUT2D eigenvalue weighted by Gasteiger charge is 2.27. The van der Waals surface area contributed by atoms with Crippen LogP contribution in [-0.4, -0.2) is 49.4 Å². The number of hydrogen-bond acceptors (Lipinski definition) is 5. The average Bonchev–Trinajstić information content (AvgIpc) is 2.79. The van der Waals surface area contributed by atoms with Crippen molar-refractivity contribution in [3.8, 4) is 11.5 Å². The Bertz CT molecular complexity index is 925. The maximum atomic E-state index is 13.6. The first-order valence-electron chi connectivity index (χ1n) is 10.3. The van der Waals surface area contributed by atoms with E-state index in [1.165, 1.54) is 6.07 Å². The van der Waals surface area contributed by atoms with Crippen molar-refractivity contribution < 1.29 is 23.5 Å². The van der Waals surface area contributed by atoms with Crippen molar-refractivity contribution in [1.29, 1.82) is 0 Å². The molecular weight excluding hydrogens is 387 g/mol. The molecule has 0 aromatic heterocycles. The SMILES string of the molecule is O=C(CCN1CCC(C(=O)c2ccc3c(c2)OCCO3)CC1)Nc1ccccc1F. The quantitative estimate of drug-likeness (QED) is 0.736. The van der Waals surface area contributed by atoms with E-state index in [2.05, 4.69) is 10.2 Å². The predicted octanol–water partition coefficient (Wildman–Crippen LogP) is 3.52. The van der Waals surface area contributed by atoms with Crippen LogP contribution in [0, 0.1) is 11.7 Å². The zero-order valence-corrected chi connectivity index (χ0v) is 16.7. The molecule has 0 saturated carbocycles. The Labute approximate surface area is 175 Å². The maximum Gasteiger partial charge on any atom is 0.225 e. The molecule has 6 nitrogen and oxygen atoms in total. The minimum Gasteiger partial charge on any atom is -0.486 e. The number of hydrogen-bond donors (Lipinski definition) is 1. The molecule has 1 fully saturated rings. The Morgan fingerprint density at radius 2 is 1.77 bits per heavy atom. The lowest BCUT2D eigenvalue weighted by Crippen LogP contribution is -2.38. The largest absolute Gasteiger partial charge is 0.486 e. The first-order valence-corrected chi connectivity index (χ1v) is 10.3. The number of nitrogens with one attached hydrogen (secondary N) is 1. The number of ketones is 1. The van der Waals surface area contributed by atoms with Crippen molar-refractivity contribution >= 4 is 17.4 Å². The summed E-state index contributed by atoms with van der Waals surface area (Å²) in [7, 11) is 0. The van der Waals surface area contributed by atoms with Crippen LogP contribution in [0.1, 0.15) is 29.6 Å². The fourth-order valence-corrected chi connectivity index (χ4v) is 3.89. The molecule has 1 amide bonds. The number of ether oxygens (including phenoxy) is 2. The van der Waals surface area contributed by atoms with E-state index in [4.69, 9.17) is 9.47 Å². The summed E-state index contributed by atoms with van der Waals surface area (Å²) in [6.07, 6.45) is 1.79. The first kappa shape index (κ1) is 20.3. The molecule has 0 radical (unpaired) electrons. The molecule has 1 N–H and O–H groups in total. The highest BCUT2D eigenvalue weighted by Crippen LogP contribution is 2.32. The van der Waals surface area contributed by atoms with Crippen molar-refractivity contribution in [2.75, 3.05) is 38.2 Å². The minimum absolute atomic E-state index is 0.0314. The fraction of sp³-hybridized carbons (Fsp3) is 0.391. The summed E-state index contributed by atoms with van der Waals surface area (Å²) < 4.78 is 24.7. The molecule has 7 heteroatoms. The molecule has 0 bridgehead atoms. The molecule has 2 aromatic rings. The minimum atomic E-state index is -0.440. The van der Waals surface area contributed by atoms with Crippen molar-refractivity contribution in [3.63, 3.8) is 0 Å². The van der Waals surface area contributed by atoms with Gasteiger partial charge in [-0.05, 0) is 56.3 Å². The number of amides is 1. The number of halogens is 1. The molecule has 0 aliphatic carbocycles. The van der Waals surface area contributed by atoms with E-state index in [1.807, 2.05) is 0 Å². The number of para-hydroxylation sites is 1. The van der Waals surface area contributed by atoms with Crippen molar-refractivity contribution in [1.82, 2.24) is 4.90 Å². The Balaban J connectivity index is 1.24. The van der Waals surface area contributed by atoms with Crippen LogP contribution in [0.25, 0.3) is 0 Å². The van der Waals surface area contributed by atoms with E-state index in [0.29, 0.717) is 36.8 Å². The lowest BCUT2D eigenvalue weighted by molar-refractivity contribution is -0.116. The van der Waals surface area contributed by atoms with E-state index in [1.54, 1.807) is 36.4 Å². The topological polar surface area (TPSA) is 67.9 Å². The van der Waals surface area contributed by atoms with Gasteiger partial charge in [0.2, 0.25) is 5.91 Å². The molecule has 0 unspecified atom stereocenters. The van der Waals surface area contributed by atoms with E-state index >= 15 is 0 Å². The van der Waals surface area contributed by atoms with Crippen molar-refractivity contribution in [3.05, 3.63) is 53.8 Å². The number of carbonyl (C=O) groups excluding carboxylic acids is 2. The number of fused-ring (bicyclic) bond motifs is 1. The van der Waals surface area contributed by atoms with Crippen LogP contribution in [0.5, 0.6) is 11.5 Å². The lowest BCUT2D eigenvalue weighted by atomic mass is 9.88. The van der Waals surface area contributed by atoms with Crippen LogP contribution in [0.15, 0.2) is 42.5 Å². The summed E-state index contributed by atoms with van der Waals surface area (Å²) in [5.74, 6) is 0.755. The third-order valence-electron chi connectivity index (χ3n) is 5.59. The van der Waals surface area contributed by atoms with E-state index in [0.717, 1.165) is 25.9 Å². The average molecular weight is 412 g/mol. The molecule has 30 heavy (non-hydrogen) atoms. The Morgan fingerprint density at radius 1 is 1.03 bits per heavy atom. The van der Waals surface area contributed by atoms with Gasteiger partial charge in [0.15, 0.2) is 17.3 Å². The van der Waals surface area contributed by atoms with E-state index < -0.39 is 5.82 Å². The number of nitrogens with zero attached hydrogens (tertiary/aromatic N) is 1. The molecule has 158 valence electrons. The van der Waals surface area contributed by atoms with Gasteiger partial charge in [0.25, 0.3) is 0 Å². The highest BCUT2D eigenvalue weighted by molar-refractivity contribution is 5.98. The summed E-state index contributed by atoms with van der Waals surface area (Å²) in [4.78, 5) is 27.2. The van der Waals surface area contributed by atoms with E-state index in [9.17, 15) is 14.0 Å². The standard InChI is InChI=1S/C23H25FN2O4/c24-18-3-1-2-4-19(18)25-22(27)9-12-26-10-7-16(8-11-26)23(28)17-5-6-20-21(15-17)30-14-13-29-20/h1-6,15-16H,7-14H2,(H,25,27). The summed E-state index contributed by atoms with van der Waals surface area (Å²) in [5, 5.41) is 2.61. The molecular formula is C23H25FN2O4. The van der Waals surface area contributed by atoms with Crippen LogP contribution < -0.4 is 14.8 Å². The number of rotatable bonds is 6. The fourth-order valence-electron chi connectivity index (χ4n) is 3.89. The molecule has 2 heterocycles. The highest BCUT2D eigenvalue weighted by atomic mass is 19.1. The van der Waals surface area contributed by atoms with Crippen LogP contribution in [0.4, 0.5) is 10.1 Å². The summed E-state index contributed by atoms with van der Waals surface area (Å²) >= 11 is 0. The summed E-state index contributed by atoms with van der Waals surface area (Å²) in [6.45, 7) is 3.12. The van der Waals surface area contributed by atoms with Gasteiger partial charge in [-0.2, -0.15) is 0 Å². The third-order valence-corrected chi connectivity index (χ3v) is 5.59. The third kappa shape index (κ3) is 4.79. The van der Waals surface area contributed by atoms with Crippen LogP contribution in [0.3, 0.4) is 0 Å². The van der Waals surface area contributed by atoms with Gasteiger partial charge in [-0.25, -0.2) is 4.39 Å². The number of benzene rings is 2. The van der Waals surface area contributed by atoms with Crippen LogP contribution >= 0.6 is 0 Å². The number of anilines is 1. The second-order valence-corrected chi connectivity index (χ2v) is 7.62. The molecule has 1 saturated heterocycles. The number of Topliss-reactive ketones (excluding diaryl/α,β-unsaturated/α-hetero) is 1. The Hall–Kier alpha value is -2.93. The summed E-state index contributed by atoms with van der Waals surface area (Å²) in [6, 6.07) is 11.5. The predicted molar refractivity (Wildman–Crippen MR) is 111 cm³/mol. The van der Waals surface area contributed by atoms with Crippen LogP contribution in [-0.2, 0) is 4.79 Å². The van der Waals surface area contributed by atoms with Gasteiger partial charge in [0.1, 0.15) is 19.0 Å². The van der Waals surface area contributed by atoms with Crippen molar-refractivity contribution in [2.24, 2.45) is 5.92 Å². The van der Waals surface area contributed by atoms with Crippen molar-refractivity contribution in [2.45, 2.75) is 19.3 Å². The first-order chi connectivity index (χ1) is 14.6. The maximum absolute atomic E-state index is 13.6.